The van der Waals surface area contributed by atoms with Gasteiger partial charge < -0.3 is 0 Å². The Labute approximate surface area is 117 Å². The van der Waals surface area contributed by atoms with E-state index in [1.807, 2.05) is 0 Å². The molecule has 19 heavy (non-hydrogen) atoms. The zero-order valence-corrected chi connectivity index (χ0v) is 11.7. The van der Waals surface area contributed by atoms with Gasteiger partial charge in [0.15, 0.2) is 5.78 Å². The fourth-order valence-electron chi connectivity index (χ4n) is 1.90. The van der Waals surface area contributed by atoms with Gasteiger partial charge in [-0.15, -0.1) is 0 Å². The second-order valence-corrected chi connectivity index (χ2v) is 5.60. The molecule has 1 aromatic rings. The van der Waals surface area contributed by atoms with Gasteiger partial charge >= 0.3 is 6.18 Å². The number of carbonyl (C=O) groups is 1. The van der Waals surface area contributed by atoms with Gasteiger partial charge in [0.2, 0.25) is 0 Å². The van der Waals surface area contributed by atoms with Gasteiger partial charge in [0, 0.05) is 16.1 Å². The van der Waals surface area contributed by atoms with E-state index in [9.17, 15) is 18.0 Å². The molecule has 104 valence electrons. The summed E-state index contributed by atoms with van der Waals surface area (Å²) in [5, 5.41) is 0. The lowest BCUT2D eigenvalue weighted by Crippen LogP contribution is -2.39. The summed E-state index contributed by atoms with van der Waals surface area (Å²) in [6.07, 6.45) is -2.78. The number of ketones is 1. The maximum absolute atomic E-state index is 12.4. The van der Waals surface area contributed by atoms with Crippen molar-refractivity contribution in [2.45, 2.75) is 25.1 Å². The standard InChI is InChI=1S/C13H13BrF3NO/c14-10-3-1-9(2-4-10)12(19)7-18(11-5-6-11)8-13(15,16)17/h1-4,11H,5-8H2. The van der Waals surface area contributed by atoms with Crippen molar-refractivity contribution in [3.8, 4) is 0 Å². The van der Waals surface area contributed by atoms with E-state index < -0.39 is 12.7 Å². The van der Waals surface area contributed by atoms with Gasteiger partial charge in [-0.1, -0.05) is 28.1 Å². The summed E-state index contributed by atoms with van der Waals surface area (Å²) in [5.74, 6) is -0.274. The van der Waals surface area contributed by atoms with Gasteiger partial charge in [0.1, 0.15) is 0 Å². The van der Waals surface area contributed by atoms with Crippen molar-refractivity contribution in [1.29, 1.82) is 0 Å². The number of Topliss-reactive ketones (excluding diaryl/α,β-unsaturated/α-hetero) is 1. The molecular weight excluding hydrogens is 323 g/mol. The first-order chi connectivity index (χ1) is 8.85. The minimum Gasteiger partial charge on any atom is -0.293 e. The molecule has 0 atom stereocenters. The molecule has 0 aliphatic heterocycles. The highest BCUT2D eigenvalue weighted by atomic mass is 79.9. The zero-order valence-electron chi connectivity index (χ0n) is 10.1. The highest BCUT2D eigenvalue weighted by Gasteiger charge is 2.38. The molecule has 6 heteroatoms. The Hall–Kier alpha value is -0.880. The Morgan fingerprint density at radius 1 is 1.26 bits per heavy atom. The molecular formula is C13H13BrF3NO. The summed E-state index contributed by atoms with van der Waals surface area (Å²) in [6.45, 7) is -1.19. The lowest BCUT2D eigenvalue weighted by Gasteiger charge is -2.22. The predicted molar refractivity (Wildman–Crippen MR) is 69.1 cm³/mol. The fourth-order valence-corrected chi connectivity index (χ4v) is 2.16. The molecule has 1 aliphatic rings. The van der Waals surface area contributed by atoms with E-state index in [4.69, 9.17) is 0 Å². The van der Waals surface area contributed by atoms with Crippen LogP contribution in [0.2, 0.25) is 0 Å². The number of benzene rings is 1. The summed E-state index contributed by atoms with van der Waals surface area (Å²) in [5.41, 5.74) is 0.441. The highest BCUT2D eigenvalue weighted by molar-refractivity contribution is 9.10. The van der Waals surface area contributed by atoms with Crippen molar-refractivity contribution in [1.82, 2.24) is 4.90 Å². The quantitative estimate of drug-likeness (QED) is 0.765. The summed E-state index contributed by atoms with van der Waals surface area (Å²) in [4.78, 5) is 13.2. The Kier molecular flexibility index (Phi) is 4.30. The second-order valence-electron chi connectivity index (χ2n) is 4.68. The Morgan fingerprint density at radius 2 is 1.84 bits per heavy atom. The molecule has 0 heterocycles. The first kappa shape index (κ1) is 14.5. The van der Waals surface area contributed by atoms with Crippen LogP contribution in [0, 0.1) is 0 Å². The highest BCUT2D eigenvalue weighted by Crippen LogP contribution is 2.30. The number of rotatable bonds is 5. The maximum Gasteiger partial charge on any atom is 0.401 e. The van der Waals surface area contributed by atoms with Gasteiger partial charge in [0.25, 0.3) is 0 Å². The van der Waals surface area contributed by atoms with Crippen LogP contribution in [0.1, 0.15) is 23.2 Å². The average Bonchev–Trinajstić information content (AvgIpc) is 3.10. The van der Waals surface area contributed by atoms with Gasteiger partial charge in [-0.05, 0) is 25.0 Å². The Bertz CT molecular complexity index is 454. The summed E-state index contributed by atoms with van der Waals surface area (Å²) < 4.78 is 38.2. The van der Waals surface area contributed by atoms with Crippen molar-refractivity contribution in [3.63, 3.8) is 0 Å². The molecule has 0 amide bonds. The van der Waals surface area contributed by atoms with E-state index in [-0.39, 0.29) is 18.4 Å². The first-order valence-electron chi connectivity index (χ1n) is 5.95. The van der Waals surface area contributed by atoms with E-state index in [2.05, 4.69) is 15.9 Å². The number of alkyl halides is 3. The van der Waals surface area contributed by atoms with Crippen LogP contribution in [0.15, 0.2) is 28.7 Å². The van der Waals surface area contributed by atoms with Crippen LogP contribution in [-0.2, 0) is 0 Å². The van der Waals surface area contributed by atoms with Crippen LogP contribution < -0.4 is 0 Å². The molecule has 1 saturated carbocycles. The number of carbonyl (C=O) groups excluding carboxylic acids is 1. The number of hydrogen-bond donors (Lipinski definition) is 0. The molecule has 0 saturated heterocycles. The average molecular weight is 336 g/mol. The SMILES string of the molecule is O=C(CN(CC(F)(F)F)C1CC1)c1ccc(Br)cc1. The van der Waals surface area contributed by atoms with Crippen LogP contribution >= 0.6 is 15.9 Å². The van der Waals surface area contributed by atoms with E-state index in [1.54, 1.807) is 24.3 Å². The maximum atomic E-state index is 12.4. The normalized spacial score (nSPS) is 15.8. The van der Waals surface area contributed by atoms with E-state index in [0.717, 1.165) is 17.3 Å². The van der Waals surface area contributed by atoms with Crippen LogP contribution in [0.5, 0.6) is 0 Å². The lowest BCUT2D eigenvalue weighted by atomic mass is 10.1. The molecule has 2 rings (SSSR count). The van der Waals surface area contributed by atoms with E-state index >= 15 is 0 Å². The van der Waals surface area contributed by atoms with Crippen LogP contribution in [-0.4, -0.2) is 36.0 Å². The molecule has 0 N–H and O–H groups in total. The predicted octanol–water partition coefficient (Wildman–Crippen LogP) is 3.66. The van der Waals surface area contributed by atoms with Crippen LogP contribution in [0.25, 0.3) is 0 Å². The smallest absolute Gasteiger partial charge is 0.293 e. The van der Waals surface area contributed by atoms with E-state index in [0.29, 0.717) is 5.56 Å². The summed E-state index contributed by atoms with van der Waals surface area (Å²) in [7, 11) is 0. The van der Waals surface area contributed by atoms with Crippen LogP contribution in [0.3, 0.4) is 0 Å². The Balaban J connectivity index is 2.00. The van der Waals surface area contributed by atoms with Crippen molar-refractivity contribution in [2.75, 3.05) is 13.1 Å². The molecule has 1 aliphatic carbocycles. The third-order valence-corrected chi connectivity index (χ3v) is 3.49. The van der Waals surface area contributed by atoms with Crippen molar-refractivity contribution in [2.24, 2.45) is 0 Å². The number of hydrogen-bond acceptors (Lipinski definition) is 2. The van der Waals surface area contributed by atoms with Crippen LogP contribution in [0.4, 0.5) is 13.2 Å². The molecule has 0 radical (unpaired) electrons. The number of halogens is 4. The molecule has 1 aromatic carbocycles. The zero-order chi connectivity index (χ0) is 14.0. The van der Waals surface area contributed by atoms with E-state index in [1.165, 1.54) is 4.90 Å². The largest absolute Gasteiger partial charge is 0.401 e. The molecule has 0 bridgehead atoms. The molecule has 0 unspecified atom stereocenters. The molecule has 2 nitrogen and oxygen atoms in total. The molecule has 1 fully saturated rings. The first-order valence-corrected chi connectivity index (χ1v) is 6.74. The topological polar surface area (TPSA) is 20.3 Å². The van der Waals surface area contributed by atoms with Gasteiger partial charge in [-0.2, -0.15) is 13.2 Å². The van der Waals surface area contributed by atoms with Crippen molar-refractivity contribution >= 4 is 21.7 Å². The lowest BCUT2D eigenvalue weighted by molar-refractivity contribution is -0.145. The van der Waals surface area contributed by atoms with Gasteiger partial charge in [0.05, 0.1) is 13.1 Å². The van der Waals surface area contributed by atoms with Gasteiger partial charge in [-0.25, -0.2) is 0 Å². The third kappa shape index (κ3) is 4.62. The van der Waals surface area contributed by atoms with Crippen molar-refractivity contribution in [3.05, 3.63) is 34.3 Å². The Morgan fingerprint density at radius 3 is 2.32 bits per heavy atom. The van der Waals surface area contributed by atoms with Crippen molar-refractivity contribution < 1.29 is 18.0 Å². The summed E-state index contributed by atoms with van der Waals surface area (Å²) in [6, 6.07) is 6.55. The molecule has 0 spiro atoms. The summed E-state index contributed by atoms with van der Waals surface area (Å²) >= 11 is 3.25. The number of nitrogens with zero attached hydrogens (tertiary/aromatic N) is 1. The monoisotopic (exact) mass is 335 g/mol. The second kappa shape index (κ2) is 5.63. The molecule has 0 aromatic heterocycles. The third-order valence-electron chi connectivity index (χ3n) is 2.96. The minimum absolute atomic E-state index is 0.0963. The van der Waals surface area contributed by atoms with Gasteiger partial charge in [-0.3, -0.25) is 9.69 Å². The fraction of sp³-hybridized carbons (Fsp3) is 0.462. The minimum atomic E-state index is -4.26.